The van der Waals surface area contributed by atoms with E-state index in [-0.39, 0.29) is 22.4 Å². The fraction of sp³-hybridized carbons (Fsp3) is 0.233. The molecule has 0 N–H and O–H groups in total. The number of terminal acetylenes is 1. The van der Waals surface area contributed by atoms with Gasteiger partial charge in [0.15, 0.2) is 19.9 Å². The number of benzene rings is 3. The Morgan fingerprint density at radius 1 is 1.03 bits per heavy atom. The zero-order valence-corrected chi connectivity index (χ0v) is 19.8. The van der Waals surface area contributed by atoms with Crippen molar-refractivity contribution in [2.75, 3.05) is 0 Å². The minimum absolute atomic E-state index is 0.0406. The largest absolute Gasteiger partial charge is 0.442 e. The fourth-order valence-corrected chi connectivity index (χ4v) is 7.30. The van der Waals surface area contributed by atoms with Gasteiger partial charge in [-0.2, -0.15) is 0 Å². The van der Waals surface area contributed by atoms with Crippen LogP contribution in [0.1, 0.15) is 43.5 Å². The Labute approximate surface area is 197 Å². The Bertz CT molecular complexity index is 1380. The molecule has 33 heavy (non-hydrogen) atoms. The SMILES string of the molecule is C#CC(C)(OC(=O)c1cccc(-[s+]2c3ccccc3c3ccccc32)c1)C1C=C(C)CCC1. The summed E-state index contributed by atoms with van der Waals surface area (Å²) in [6.45, 7) is 3.98. The quantitative estimate of drug-likeness (QED) is 0.136. The van der Waals surface area contributed by atoms with Crippen LogP contribution in [0.15, 0.2) is 84.4 Å². The van der Waals surface area contributed by atoms with Crippen LogP contribution in [0.3, 0.4) is 0 Å². The van der Waals surface area contributed by atoms with Gasteiger partial charge in [-0.25, -0.2) is 4.79 Å². The van der Waals surface area contributed by atoms with E-state index in [0.29, 0.717) is 5.56 Å². The smallest absolute Gasteiger partial charge is 0.339 e. The van der Waals surface area contributed by atoms with E-state index in [0.717, 1.165) is 24.2 Å². The normalized spacial score (nSPS) is 17.8. The Morgan fingerprint density at radius 3 is 2.33 bits per heavy atom. The number of thiophene rings is 1. The molecule has 2 atom stereocenters. The second-order valence-electron chi connectivity index (χ2n) is 8.98. The number of allylic oxidation sites excluding steroid dienone is 1. The highest BCUT2D eigenvalue weighted by Crippen LogP contribution is 2.48. The van der Waals surface area contributed by atoms with Crippen LogP contribution < -0.4 is 0 Å². The molecule has 1 aliphatic carbocycles. The van der Waals surface area contributed by atoms with Crippen molar-refractivity contribution < 1.29 is 9.53 Å². The minimum Gasteiger partial charge on any atom is -0.442 e. The monoisotopic (exact) mass is 451 g/mol. The number of ether oxygens (including phenoxy) is 1. The van der Waals surface area contributed by atoms with E-state index >= 15 is 0 Å². The van der Waals surface area contributed by atoms with E-state index in [1.54, 1.807) is 0 Å². The number of fused-ring (bicyclic) bond motifs is 3. The highest BCUT2D eigenvalue weighted by atomic mass is 32.2. The van der Waals surface area contributed by atoms with Crippen molar-refractivity contribution in [3.63, 3.8) is 0 Å². The Hall–Kier alpha value is -3.35. The molecule has 0 saturated heterocycles. The van der Waals surface area contributed by atoms with Gasteiger partial charge >= 0.3 is 5.97 Å². The lowest BCUT2D eigenvalue weighted by Crippen LogP contribution is -2.38. The average molecular weight is 452 g/mol. The summed E-state index contributed by atoms with van der Waals surface area (Å²) in [5, 5.41) is 2.53. The molecule has 1 aromatic heterocycles. The first kappa shape index (κ1) is 21.5. The van der Waals surface area contributed by atoms with Gasteiger partial charge in [-0.1, -0.05) is 47.9 Å². The summed E-state index contributed by atoms with van der Waals surface area (Å²) in [5.41, 5.74) is 0.897. The summed E-state index contributed by atoms with van der Waals surface area (Å²) in [6.07, 6.45) is 11.2. The van der Waals surface area contributed by atoms with Gasteiger partial charge in [0.1, 0.15) is 0 Å². The molecule has 0 fully saturated rings. The highest BCUT2D eigenvalue weighted by Gasteiger charge is 2.36. The summed E-state index contributed by atoms with van der Waals surface area (Å²) >= 11 is 0. The van der Waals surface area contributed by atoms with Crippen LogP contribution in [-0.2, 0) is 4.74 Å². The molecule has 3 aromatic carbocycles. The van der Waals surface area contributed by atoms with Crippen molar-refractivity contribution in [1.29, 1.82) is 0 Å². The molecule has 2 unspecified atom stereocenters. The molecule has 1 heterocycles. The zero-order valence-electron chi connectivity index (χ0n) is 19.0. The molecule has 0 bridgehead atoms. The van der Waals surface area contributed by atoms with Crippen LogP contribution >= 0.6 is 10.5 Å². The summed E-state index contributed by atoms with van der Waals surface area (Å²) in [6, 6.07) is 24.9. The number of rotatable bonds is 4. The van der Waals surface area contributed by atoms with Gasteiger partial charge in [-0.3, -0.25) is 0 Å². The standard InChI is InChI=1S/C30H27O2S/c1-4-30(3,23-13-9-11-21(2)19-23)32-29(31)22-12-10-14-24(20-22)33-27-17-7-5-15-25(27)26-16-6-8-18-28(26)33/h1,5-8,10,12,14-20,23H,9,11,13H2,2-3H3/q+1. The second-order valence-corrected chi connectivity index (χ2v) is 10.9. The first-order chi connectivity index (χ1) is 16.0. The van der Waals surface area contributed by atoms with Gasteiger partial charge in [0.25, 0.3) is 0 Å². The third-order valence-electron chi connectivity index (χ3n) is 6.68. The van der Waals surface area contributed by atoms with Crippen molar-refractivity contribution in [3.8, 4) is 17.2 Å². The van der Waals surface area contributed by atoms with Crippen LogP contribution in [-0.4, -0.2) is 11.6 Å². The van der Waals surface area contributed by atoms with Crippen LogP contribution in [0, 0.1) is 18.3 Å². The lowest BCUT2D eigenvalue weighted by atomic mass is 9.80. The van der Waals surface area contributed by atoms with Crippen molar-refractivity contribution in [1.82, 2.24) is 0 Å². The lowest BCUT2D eigenvalue weighted by Gasteiger charge is -2.33. The number of hydrogen-bond acceptors (Lipinski definition) is 2. The molecule has 0 saturated carbocycles. The molecule has 5 rings (SSSR count). The minimum atomic E-state index is -0.955. The van der Waals surface area contributed by atoms with Crippen molar-refractivity contribution in [3.05, 3.63) is 90.0 Å². The number of esters is 1. The van der Waals surface area contributed by atoms with Crippen molar-refractivity contribution in [2.24, 2.45) is 5.92 Å². The third-order valence-corrected chi connectivity index (χ3v) is 9.00. The summed E-state index contributed by atoms with van der Waals surface area (Å²) in [5.74, 6) is 2.46. The van der Waals surface area contributed by atoms with E-state index in [1.807, 2.05) is 25.1 Å². The van der Waals surface area contributed by atoms with E-state index in [1.165, 1.54) is 25.7 Å². The second kappa shape index (κ2) is 8.54. The van der Waals surface area contributed by atoms with Gasteiger partial charge in [0.2, 0.25) is 0 Å². The molecule has 2 nitrogen and oxygen atoms in total. The van der Waals surface area contributed by atoms with Crippen molar-refractivity contribution >= 4 is 36.6 Å². The molecular formula is C30H27O2S+. The molecule has 0 spiro atoms. The Balaban J connectivity index is 1.53. The molecule has 1 aliphatic rings. The van der Waals surface area contributed by atoms with Crippen LogP contribution in [0.2, 0.25) is 0 Å². The van der Waals surface area contributed by atoms with Crippen LogP contribution in [0.4, 0.5) is 0 Å². The predicted octanol–water partition coefficient (Wildman–Crippen LogP) is 8.03. The number of hydrogen-bond donors (Lipinski definition) is 0. The maximum atomic E-state index is 13.3. The molecule has 0 radical (unpaired) electrons. The third kappa shape index (κ3) is 3.86. The molecule has 3 heteroatoms. The Kier molecular flexibility index (Phi) is 5.56. The van der Waals surface area contributed by atoms with E-state index < -0.39 is 5.60 Å². The molecule has 0 aliphatic heterocycles. The van der Waals surface area contributed by atoms with E-state index in [9.17, 15) is 4.79 Å². The maximum Gasteiger partial charge on any atom is 0.339 e. The highest BCUT2D eigenvalue weighted by molar-refractivity contribution is 7.50. The first-order valence-corrected chi connectivity index (χ1v) is 12.6. The molecule has 4 aromatic rings. The topological polar surface area (TPSA) is 26.3 Å². The summed E-state index contributed by atoms with van der Waals surface area (Å²) in [7, 11) is -0.259. The van der Waals surface area contributed by atoms with Crippen LogP contribution in [0.5, 0.6) is 0 Å². The zero-order chi connectivity index (χ0) is 23.0. The summed E-state index contributed by atoms with van der Waals surface area (Å²) in [4.78, 5) is 14.4. The van der Waals surface area contributed by atoms with E-state index in [4.69, 9.17) is 11.2 Å². The van der Waals surface area contributed by atoms with Gasteiger partial charge in [0, 0.05) is 33.2 Å². The number of carbonyl (C=O) groups excluding carboxylic acids is 1. The first-order valence-electron chi connectivity index (χ1n) is 11.4. The number of carbonyl (C=O) groups is 1. The molecule has 164 valence electrons. The van der Waals surface area contributed by atoms with Crippen LogP contribution in [0.25, 0.3) is 25.1 Å². The van der Waals surface area contributed by atoms with E-state index in [2.05, 4.69) is 73.5 Å². The van der Waals surface area contributed by atoms with Gasteiger partial charge in [0.05, 0.1) is 5.56 Å². The maximum absolute atomic E-state index is 13.3. The average Bonchev–Trinajstić information content (AvgIpc) is 3.18. The van der Waals surface area contributed by atoms with Gasteiger partial charge in [-0.15, -0.1) is 6.42 Å². The predicted molar refractivity (Wildman–Crippen MR) is 139 cm³/mol. The van der Waals surface area contributed by atoms with Gasteiger partial charge in [-0.05, 0) is 69.5 Å². The molecule has 0 amide bonds. The molecular weight excluding hydrogens is 424 g/mol. The van der Waals surface area contributed by atoms with Gasteiger partial charge < -0.3 is 4.74 Å². The lowest BCUT2D eigenvalue weighted by molar-refractivity contribution is -0.00316. The fourth-order valence-electron chi connectivity index (χ4n) is 4.87. The van der Waals surface area contributed by atoms with Crippen molar-refractivity contribution in [2.45, 2.75) is 38.7 Å². The Morgan fingerprint density at radius 2 is 1.70 bits per heavy atom. The summed E-state index contributed by atoms with van der Waals surface area (Å²) < 4.78 is 8.59.